The van der Waals surface area contributed by atoms with Crippen molar-refractivity contribution in [2.24, 2.45) is 10.9 Å². The van der Waals surface area contributed by atoms with Crippen LogP contribution in [0.2, 0.25) is 0 Å². The zero-order valence-electron chi connectivity index (χ0n) is 23.4. The molecule has 2 aliphatic rings. The summed E-state index contributed by atoms with van der Waals surface area (Å²) < 4.78 is 11.5. The van der Waals surface area contributed by atoms with E-state index < -0.39 is 23.1 Å². The lowest BCUT2D eigenvalue weighted by molar-refractivity contribution is -0.150. The molecule has 214 valence electrons. The number of aryl methyl sites for hydroxylation is 1. The molecular formula is C27H35N7O5S. The Morgan fingerprint density at radius 1 is 1.35 bits per heavy atom. The van der Waals surface area contributed by atoms with E-state index in [9.17, 15) is 14.9 Å². The molecule has 1 fully saturated rings. The maximum atomic E-state index is 13.2. The van der Waals surface area contributed by atoms with Gasteiger partial charge in [-0.1, -0.05) is 5.16 Å². The molecule has 4 rings (SSSR count). The number of fused-ring (bicyclic) bond motifs is 1. The number of likely N-dealkylation sites (tertiary alicyclic amines) is 1. The van der Waals surface area contributed by atoms with Gasteiger partial charge in [-0.3, -0.25) is 0 Å². The van der Waals surface area contributed by atoms with Crippen molar-refractivity contribution < 1.29 is 23.9 Å². The number of aromatic nitrogens is 2. The summed E-state index contributed by atoms with van der Waals surface area (Å²) in [6.07, 6.45) is 4.22. The molecule has 0 bridgehead atoms. The molecule has 3 heterocycles. The van der Waals surface area contributed by atoms with Gasteiger partial charge in [-0.2, -0.15) is 10.2 Å². The van der Waals surface area contributed by atoms with Crippen LogP contribution in [0.4, 0.5) is 9.80 Å². The number of amides is 1. The molecule has 40 heavy (non-hydrogen) atoms. The number of hydrogen-bond acceptors (Lipinski definition) is 11. The number of rotatable bonds is 6. The lowest BCUT2D eigenvalue weighted by Gasteiger charge is -2.31. The standard InChI is InChI=1S/C27H35N7O5S/c1-15(18-8-7-13-34(18)25(36)38-26(2,3)4)37-24-31-12-10-17(32-24)21(29)33-39-23(35)27(5)11-6-9-19-20(27)16(14-28)22(30)40-19/h10,12,15,18H,6-9,11,13,30H2,1-5H3,(H2,29,33)/t15-,18-,27-/m0/s1. The summed E-state index contributed by atoms with van der Waals surface area (Å²) in [5.41, 5.74) is 11.6. The fourth-order valence-corrected chi connectivity index (χ4v) is 6.34. The number of carbonyl (C=O) groups excluding carboxylic acids is 2. The van der Waals surface area contributed by atoms with Crippen LogP contribution in [0.1, 0.15) is 82.0 Å². The minimum absolute atomic E-state index is 0.0433. The molecule has 1 aliphatic heterocycles. The maximum absolute atomic E-state index is 13.2. The first-order valence-electron chi connectivity index (χ1n) is 13.2. The summed E-state index contributed by atoms with van der Waals surface area (Å²) in [4.78, 5) is 42.2. The number of ether oxygens (including phenoxy) is 2. The molecule has 0 aromatic carbocycles. The van der Waals surface area contributed by atoms with Crippen LogP contribution in [0.15, 0.2) is 17.4 Å². The van der Waals surface area contributed by atoms with Crippen molar-refractivity contribution in [3.8, 4) is 12.1 Å². The van der Waals surface area contributed by atoms with Gasteiger partial charge in [-0.15, -0.1) is 11.3 Å². The Kier molecular flexibility index (Phi) is 8.20. The largest absolute Gasteiger partial charge is 0.458 e. The van der Waals surface area contributed by atoms with E-state index in [2.05, 4.69) is 21.2 Å². The Bertz CT molecular complexity index is 1360. The van der Waals surface area contributed by atoms with E-state index in [4.69, 9.17) is 25.8 Å². The third-order valence-corrected chi connectivity index (χ3v) is 8.17. The van der Waals surface area contributed by atoms with Gasteiger partial charge >= 0.3 is 18.1 Å². The fraction of sp³-hybridized carbons (Fsp3) is 0.556. The van der Waals surface area contributed by atoms with Gasteiger partial charge < -0.3 is 30.7 Å². The summed E-state index contributed by atoms with van der Waals surface area (Å²) in [5, 5.41) is 13.8. The van der Waals surface area contributed by atoms with Gasteiger partial charge in [0.25, 0.3) is 0 Å². The number of amidine groups is 1. The number of nitrogen functional groups attached to an aromatic ring is 1. The van der Waals surface area contributed by atoms with E-state index in [1.54, 1.807) is 11.8 Å². The van der Waals surface area contributed by atoms with Gasteiger partial charge in [-0.25, -0.2) is 14.6 Å². The average Bonchev–Trinajstić information content (AvgIpc) is 3.51. The molecule has 2 aromatic heterocycles. The number of hydrogen-bond donors (Lipinski definition) is 2. The molecule has 3 atom stereocenters. The summed E-state index contributed by atoms with van der Waals surface area (Å²) in [5.74, 6) is -0.775. The molecule has 12 nitrogen and oxygen atoms in total. The van der Waals surface area contributed by atoms with Crippen molar-refractivity contribution in [2.75, 3.05) is 12.3 Å². The average molecular weight is 570 g/mol. The molecule has 2 aromatic rings. The highest BCUT2D eigenvalue weighted by molar-refractivity contribution is 7.16. The smallest absolute Gasteiger partial charge is 0.410 e. The van der Waals surface area contributed by atoms with Gasteiger partial charge in [0.05, 0.1) is 17.0 Å². The normalized spacial score (nSPS) is 21.8. The Balaban J connectivity index is 1.45. The second kappa shape index (κ2) is 11.3. The predicted octanol–water partition coefficient (Wildman–Crippen LogP) is 3.62. The van der Waals surface area contributed by atoms with E-state index in [-0.39, 0.29) is 29.7 Å². The van der Waals surface area contributed by atoms with Gasteiger partial charge in [-0.05, 0) is 72.8 Å². The zero-order chi connectivity index (χ0) is 29.2. The summed E-state index contributed by atoms with van der Waals surface area (Å²) in [6, 6.07) is 3.47. The topological polar surface area (TPSA) is 179 Å². The van der Waals surface area contributed by atoms with Crippen LogP contribution in [0.3, 0.4) is 0 Å². The van der Waals surface area contributed by atoms with Crippen molar-refractivity contribution in [3.05, 3.63) is 34.0 Å². The molecular weight excluding hydrogens is 534 g/mol. The van der Waals surface area contributed by atoms with Crippen LogP contribution in [0, 0.1) is 11.3 Å². The first-order valence-corrected chi connectivity index (χ1v) is 14.0. The van der Waals surface area contributed by atoms with Gasteiger partial charge in [0.2, 0.25) is 0 Å². The third-order valence-electron chi connectivity index (χ3n) is 7.09. The van der Waals surface area contributed by atoms with Crippen LogP contribution < -0.4 is 16.2 Å². The number of oxime groups is 1. The molecule has 1 aliphatic carbocycles. The lowest BCUT2D eigenvalue weighted by atomic mass is 9.72. The van der Waals surface area contributed by atoms with Crippen LogP contribution in [0.25, 0.3) is 0 Å². The minimum atomic E-state index is -1.08. The van der Waals surface area contributed by atoms with E-state index in [1.165, 1.54) is 23.6 Å². The van der Waals surface area contributed by atoms with Crippen molar-refractivity contribution in [1.29, 1.82) is 5.26 Å². The van der Waals surface area contributed by atoms with E-state index in [0.717, 1.165) is 30.6 Å². The molecule has 1 amide bonds. The highest BCUT2D eigenvalue weighted by atomic mass is 32.1. The second-order valence-corrected chi connectivity index (χ2v) is 12.4. The summed E-state index contributed by atoms with van der Waals surface area (Å²) in [6.45, 7) is 9.63. The molecule has 1 saturated heterocycles. The number of nitrogens with zero attached hydrogens (tertiary/aromatic N) is 5. The number of nitriles is 1. The molecule has 0 spiro atoms. The number of nitrogens with two attached hydrogens (primary N) is 2. The Hall–Kier alpha value is -3.92. The first-order chi connectivity index (χ1) is 18.8. The molecule has 0 saturated carbocycles. The molecule has 0 radical (unpaired) electrons. The van der Waals surface area contributed by atoms with Gasteiger partial charge in [0.15, 0.2) is 5.84 Å². The van der Waals surface area contributed by atoms with Crippen molar-refractivity contribution in [2.45, 2.75) is 89.9 Å². The highest BCUT2D eigenvalue weighted by Crippen LogP contribution is 2.46. The van der Waals surface area contributed by atoms with E-state index in [0.29, 0.717) is 29.1 Å². The van der Waals surface area contributed by atoms with Crippen molar-refractivity contribution in [3.63, 3.8) is 0 Å². The highest BCUT2D eigenvalue weighted by Gasteiger charge is 2.45. The van der Waals surface area contributed by atoms with Crippen LogP contribution in [-0.2, 0) is 26.2 Å². The SMILES string of the molecule is C[C@H](Oc1nccc(/C(N)=N/OC(=O)[C@@]2(C)CCCc3sc(N)c(C#N)c32)n1)[C@@H]1CCCN1C(=O)OC(C)(C)C. The Labute approximate surface area is 237 Å². The maximum Gasteiger partial charge on any atom is 0.410 e. The number of carbonyl (C=O) groups is 2. The van der Waals surface area contributed by atoms with Gasteiger partial charge in [0.1, 0.15) is 28.5 Å². The van der Waals surface area contributed by atoms with Crippen LogP contribution in [0.5, 0.6) is 6.01 Å². The van der Waals surface area contributed by atoms with Crippen LogP contribution >= 0.6 is 11.3 Å². The monoisotopic (exact) mass is 569 g/mol. The Morgan fingerprint density at radius 3 is 2.80 bits per heavy atom. The molecule has 0 unspecified atom stereocenters. The Morgan fingerprint density at radius 2 is 2.10 bits per heavy atom. The van der Waals surface area contributed by atoms with E-state index >= 15 is 0 Å². The molecule has 4 N–H and O–H groups in total. The second-order valence-electron chi connectivity index (χ2n) is 11.2. The van der Waals surface area contributed by atoms with Crippen molar-refractivity contribution in [1.82, 2.24) is 14.9 Å². The lowest BCUT2D eigenvalue weighted by Crippen LogP contribution is -2.46. The number of anilines is 1. The zero-order valence-corrected chi connectivity index (χ0v) is 24.2. The molecule has 13 heteroatoms. The van der Waals surface area contributed by atoms with Crippen molar-refractivity contribution >= 4 is 34.2 Å². The summed E-state index contributed by atoms with van der Waals surface area (Å²) >= 11 is 1.33. The first kappa shape index (κ1) is 29.1. The number of thiophene rings is 1. The minimum Gasteiger partial charge on any atom is -0.458 e. The third kappa shape index (κ3) is 5.96. The quantitative estimate of drug-likeness (QED) is 0.226. The fourth-order valence-electron chi connectivity index (χ4n) is 5.15. The summed E-state index contributed by atoms with van der Waals surface area (Å²) in [7, 11) is 0. The van der Waals surface area contributed by atoms with Gasteiger partial charge in [0, 0.05) is 23.2 Å². The van der Waals surface area contributed by atoms with E-state index in [1.807, 2.05) is 27.7 Å². The van der Waals surface area contributed by atoms with Crippen LogP contribution in [-0.4, -0.2) is 57.1 Å². The predicted molar refractivity (Wildman–Crippen MR) is 149 cm³/mol.